The topological polar surface area (TPSA) is 105 Å². The van der Waals surface area contributed by atoms with Crippen LogP contribution >= 0.6 is 0 Å². The molecule has 1 aromatic rings. The molecule has 8 nitrogen and oxygen atoms in total. The molecular weight excluding hydrogens is 360 g/mol. The van der Waals surface area contributed by atoms with Gasteiger partial charge in [-0.1, -0.05) is 41.5 Å². The molecule has 1 saturated heterocycles. The van der Waals surface area contributed by atoms with E-state index >= 15 is 0 Å². The number of hydrogen-bond acceptors (Lipinski definition) is 5. The van der Waals surface area contributed by atoms with Gasteiger partial charge in [0.25, 0.3) is 0 Å². The molecule has 0 aromatic heterocycles. The predicted octanol–water partition coefficient (Wildman–Crippen LogP) is 4.08. The summed E-state index contributed by atoms with van der Waals surface area (Å²) in [5, 5.41) is 3.88. The van der Waals surface area contributed by atoms with Crippen LogP contribution < -0.4 is 0 Å². The van der Waals surface area contributed by atoms with Gasteiger partial charge in [-0.25, -0.2) is 4.79 Å². The molecule has 0 bridgehead atoms. The van der Waals surface area contributed by atoms with Crippen LogP contribution in [0.5, 0.6) is 0 Å². The molecule has 28 heavy (non-hydrogen) atoms. The number of amides is 1. The molecule has 3 atom stereocenters. The van der Waals surface area contributed by atoms with Gasteiger partial charge in [-0.15, -0.1) is 6.58 Å². The zero-order valence-electron chi connectivity index (χ0n) is 16.1. The largest absolute Gasteiger partial charge is 0.466 e. The highest BCUT2D eigenvalue weighted by Crippen LogP contribution is 2.29. The maximum Gasteiger partial charge on any atom is 0.410 e. The first-order valence-corrected chi connectivity index (χ1v) is 9.27. The van der Waals surface area contributed by atoms with Gasteiger partial charge in [-0.3, -0.25) is 4.79 Å². The quantitative estimate of drug-likeness (QED) is 0.221. The Balaban J connectivity index is 2.06. The number of benzene rings is 1. The first kappa shape index (κ1) is 21.3. The molecule has 0 saturated carbocycles. The Labute approximate surface area is 164 Å². The summed E-state index contributed by atoms with van der Waals surface area (Å²) in [5.41, 5.74) is 9.77. The monoisotopic (exact) mass is 386 g/mol. The zero-order chi connectivity index (χ0) is 20.4. The Kier molecular flexibility index (Phi) is 8.37. The van der Waals surface area contributed by atoms with Gasteiger partial charge in [0.1, 0.15) is 6.61 Å². The summed E-state index contributed by atoms with van der Waals surface area (Å²) in [4.78, 5) is 28.3. The lowest BCUT2D eigenvalue weighted by molar-refractivity contribution is -0.143. The van der Waals surface area contributed by atoms with Crippen LogP contribution in [0.1, 0.15) is 25.3 Å². The lowest BCUT2D eigenvalue weighted by Crippen LogP contribution is -2.48. The van der Waals surface area contributed by atoms with Gasteiger partial charge in [0.15, 0.2) is 0 Å². The number of carbonyl (C=O) groups excluding carboxylic acids is 2. The van der Waals surface area contributed by atoms with Gasteiger partial charge in [0.05, 0.1) is 6.61 Å². The molecular formula is C20H26N4O4. The number of piperidine rings is 1. The van der Waals surface area contributed by atoms with E-state index in [1.54, 1.807) is 11.0 Å². The van der Waals surface area contributed by atoms with Gasteiger partial charge in [-0.05, 0) is 29.9 Å². The lowest BCUT2D eigenvalue weighted by Gasteiger charge is -2.39. The van der Waals surface area contributed by atoms with E-state index in [1.165, 1.54) is 6.92 Å². The number of esters is 1. The molecule has 0 unspecified atom stereocenters. The standard InChI is InChI=1S/C20H26N4O4/c1-3-7-19(22-23-21)18-10-17(14-27-15(2)25)11-24(12-18)20(26)28-13-16-8-5-4-6-9-16/h3-6,8-9,17-19H,1,7,10-14H2,2H3/t17-,18+,19-/m0/s1. The average Bonchev–Trinajstić information content (AvgIpc) is 2.71. The molecule has 150 valence electrons. The number of rotatable bonds is 8. The minimum Gasteiger partial charge on any atom is -0.466 e. The van der Waals surface area contributed by atoms with E-state index in [1.807, 2.05) is 30.3 Å². The number of azide groups is 1. The molecule has 2 rings (SSSR count). The van der Waals surface area contributed by atoms with Crippen molar-refractivity contribution >= 4 is 12.1 Å². The minimum atomic E-state index is -0.431. The van der Waals surface area contributed by atoms with Crippen LogP contribution in [0.2, 0.25) is 0 Å². The van der Waals surface area contributed by atoms with Gasteiger partial charge >= 0.3 is 12.1 Å². The second-order valence-electron chi connectivity index (χ2n) is 6.91. The van der Waals surface area contributed by atoms with E-state index in [0.717, 1.165) is 5.56 Å². The number of carbonyl (C=O) groups is 2. The van der Waals surface area contributed by atoms with Crippen molar-refractivity contribution in [3.05, 3.63) is 59.0 Å². The molecule has 0 aliphatic carbocycles. The van der Waals surface area contributed by atoms with E-state index in [9.17, 15) is 9.59 Å². The normalized spacial score (nSPS) is 19.8. The number of hydrogen-bond donors (Lipinski definition) is 0. The molecule has 0 N–H and O–H groups in total. The molecule has 1 aromatic carbocycles. The smallest absolute Gasteiger partial charge is 0.410 e. The summed E-state index contributed by atoms with van der Waals surface area (Å²) < 4.78 is 10.6. The summed E-state index contributed by atoms with van der Waals surface area (Å²) in [7, 11) is 0. The van der Waals surface area contributed by atoms with Crippen molar-refractivity contribution in [2.24, 2.45) is 17.0 Å². The van der Waals surface area contributed by atoms with Crippen LogP contribution in [0, 0.1) is 11.8 Å². The average molecular weight is 386 g/mol. The Morgan fingerprint density at radius 2 is 2.11 bits per heavy atom. The van der Waals surface area contributed by atoms with E-state index < -0.39 is 6.09 Å². The number of nitrogens with zero attached hydrogens (tertiary/aromatic N) is 4. The Morgan fingerprint density at radius 3 is 2.75 bits per heavy atom. The third-order valence-corrected chi connectivity index (χ3v) is 4.71. The van der Waals surface area contributed by atoms with E-state index in [2.05, 4.69) is 16.6 Å². The van der Waals surface area contributed by atoms with Crippen molar-refractivity contribution < 1.29 is 19.1 Å². The second-order valence-corrected chi connectivity index (χ2v) is 6.91. The maximum absolute atomic E-state index is 12.6. The predicted molar refractivity (Wildman–Crippen MR) is 104 cm³/mol. The summed E-state index contributed by atoms with van der Waals surface area (Å²) in [5.74, 6) is -0.473. The van der Waals surface area contributed by atoms with Gasteiger partial charge in [0.2, 0.25) is 0 Å². The maximum atomic E-state index is 12.6. The van der Waals surface area contributed by atoms with E-state index in [0.29, 0.717) is 25.9 Å². The fraction of sp³-hybridized carbons (Fsp3) is 0.500. The Hall–Kier alpha value is -2.99. The zero-order valence-corrected chi connectivity index (χ0v) is 16.1. The molecule has 1 heterocycles. The van der Waals surface area contributed by atoms with Gasteiger partial charge in [0, 0.05) is 36.9 Å². The fourth-order valence-electron chi connectivity index (χ4n) is 3.41. The van der Waals surface area contributed by atoms with Crippen LogP contribution in [0.25, 0.3) is 10.4 Å². The fourth-order valence-corrected chi connectivity index (χ4v) is 3.41. The van der Waals surface area contributed by atoms with Gasteiger partial charge < -0.3 is 14.4 Å². The van der Waals surface area contributed by atoms with Crippen molar-refractivity contribution in [3.63, 3.8) is 0 Å². The van der Waals surface area contributed by atoms with Crippen molar-refractivity contribution in [1.82, 2.24) is 4.90 Å². The SMILES string of the molecule is C=CC[C@H](N=[N+]=[N-])[C@@H]1C[C@H](COC(C)=O)CN(C(=O)OCc2ccccc2)C1. The van der Waals surface area contributed by atoms with Crippen LogP contribution in [0.4, 0.5) is 4.79 Å². The molecule has 1 aliphatic heterocycles. The highest BCUT2D eigenvalue weighted by Gasteiger charge is 2.34. The van der Waals surface area contributed by atoms with Crippen molar-refractivity contribution in [2.75, 3.05) is 19.7 Å². The Morgan fingerprint density at radius 1 is 1.36 bits per heavy atom. The number of likely N-dealkylation sites (tertiary alicyclic amines) is 1. The molecule has 1 fully saturated rings. The van der Waals surface area contributed by atoms with Crippen LogP contribution in [0.15, 0.2) is 48.1 Å². The third-order valence-electron chi connectivity index (χ3n) is 4.71. The molecule has 1 amide bonds. The van der Waals surface area contributed by atoms with Gasteiger partial charge in [-0.2, -0.15) is 0 Å². The van der Waals surface area contributed by atoms with Crippen molar-refractivity contribution in [1.29, 1.82) is 0 Å². The van der Waals surface area contributed by atoms with Crippen LogP contribution in [-0.4, -0.2) is 42.7 Å². The molecule has 1 aliphatic rings. The lowest BCUT2D eigenvalue weighted by atomic mass is 9.84. The number of ether oxygens (including phenoxy) is 2. The van der Waals surface area contributed by atoms with E-state index in [-0.39, 0.29) is 37.1 Å². The first-order chi connectivity index (χ1) is 13.5. The minimum absolute atomic E-state index is 0.0480. The summed E-state index contributed by atoms with van der Waals surface area (Å²) in [6.45, 7) is 6.31. The highest BCUT2D eigenvalue weighted by molar-refractivity contribution is 5.68. The molecule has 0 spiro atoms. The summed E-state index contributed by atoms with van der Waals surface area (Å²) in [6.07, 6.45) is 2.47. The second kappa shape index (κ2) is 11.0. The molecule has 8 heteroatoms. The van der Waals surface area contributed by atoms with Crippen molar-refractivity contribution in [3.8, 4) is 0 Å². The van der Waals surface area contributed by atoms with Crippen LogP contribution in [-0.2, 0) is 20.9 Å². The third kappa shape index (κ3) is 6.63. The molecule has 0 radical (unpaired) electrons. The Bertz CT molecular complexity index is 718. The first-order valence-electron chi connectivity index (χ1n) is 9.27. The van der Waals surface area contributed by atoms with Crippen LogP contribution in [0.3, 0.4) is 0 Å². The van der Waals surface area contributed by atoms with E-state index in [4.69, 9.17) is 15.0 Å². The summed E-state index contributed by atoms with van der Waals surface area (Å²) >= 11 is 0. The van der Waals surface area contributed by atoms with Crippen molar-refractivity contribution in [2.45, 2.75) is 32.4 Å². The highest BCUT2D eigenvalue weighted by atomic mass is 16.6. The summed E-state index contributed by atoms with van der Waals surface area (Å²) in [6, 6.07) is 9.13.